The van der Waals surface area contributed by atoms with Gasteiger partial charge >= 0.3 is 0 Å². The molecule has 1 aromatic heterocycles. The molecule has 1 heterocycles. The summed E-state index contributed by atoms with van der Waals surface area (Å²) in [4.78, 5) is 15.6. The standard InChI is InChI=1S/C20H18FN3O2/c1-13-4-2-6-15(10-13)26-16-7-3-5-14(11-16)12-23-20(25)17-8-9-18(21)24-19(17)22/h2-11H,12H2,1H3,(H2,22,24)(H,23,25). The Labute approximate surface area is 150 Å². The van der Waals surface area contributed by atoms with Crippen LogP contribution in [-0.2, 0) is 6.54 Å². The summed E-state index contributed by atoms with van der Waals surface area (Å²) < 4.78 is 18.8. The van der Waals surface area contributed by atoms with E-state index in [9.17, 15) is 9.18 Å². The molecule has 2 aromatic carbocycles. The third-order valence-corrected chi connectivity index (χ3v) is 3.71. The predicted octanol–water partition coefficient (Wildman–Crippen LogP) is 3.83. The summed E-state index contributed by atoms with van der Waals surface area (Å²) in [7, 11) is 0. The molecule has 0 fully saturated rings. The second-order valence-electron chi connectivity index (χ2n) is 5.82. The number of aromatic nitrogens is 1. The first kappa shape index (κ1) is 17.4. The molecule has 0 unspecified atom stereocenters. The molecule has 3 aromatic rings. The van der Waals surface area contributed by atoms with E-state index < -0.39 is 11.9 Å². The molecule has 3 N–H and O–H groups in total. The van der Waals surface area contributed by atoms with E-state index in [0.29, 0.717) is 5.75 Å². The van der Waals surface area contributed by atoms with E-state index in [-0.39, 0.29) is 17.9 Å². The quantitative estimate of drug-likeness (QED) is 0.685. The molecule has 0 bridgehead atoms. The largest absolute Gasteiger partial charge is 0.457 e. The molecule has 3 rings (SSSR count). The van der Waals surface area contributed by atoms with Gasteiger partial charge in [0.15, 0.2) is 0 Å². The maximum Gasteiger partial charge on any atom is 0.255 e. The topological polar surface area (TPSA) is 77.2 Å². The molecule has 0 saturated carbocycles. The number of benzene rings is 2. The lowest BCUT2D eigenvalue weighted by molar-refractivity contribution is 0.0951. The third-order valence-electron chi connectivity index (χ3n) is 3.71. The number of nitrogen functional groups attached to an aromatic ring is 1. The van der Waals surface area contributed by atoms with Gasteiger partial charge in [-0.2, -0.15) is 4.39 Å². The van der Waals surface area contributed by atoms with Crippen LogP contribution in [0.5, 0.6) is 11.5 Å². The maximum absolute atomic E-state index is 13.0. The van der Waals surface area contributed by atoms with Gasteiger partial charge in [-0.25, -0.2) is 4.98 Å². The van der Waals surface area contributed by atoms with Crippen molar-refractivity contribution in [1.29, 1.82) is 0 Å². The fraction of sp³-hybridized carbons (Fsp3) is 0.100. The zero-order valence-corrected chi connectivity index (χ0v) is 14.2. The molecule has 0 aliphatic heterocycles. The Kier molecular flexibility index (Phi) is 5.12. The summed E-state index contributed by atoms with van der Waals surface area (Å²) in [6.45, 7) is 2.27. The Balaban J connectivity index is 1.66. The number of carbonyl (C=O) groups excluding carboxylic acids is 1. The molecule has 5 nitrogen and oxygen atoms in total. The van der Waals surface area contributed by atoms with Crippen LogP contribution in [-0.4, -0.2) is 10.9 Å². The van der Waals surface area contributed by atoms with Crippen LogP contribution in [0.4, 0.5) is 10.2 Å². The highest BCUT2D eigenvalue weighted by Gasteiger charge is 2.11. The number of hydrogen-bond donors (Lipinski definition) is 2. The summed E-state index contributed by atoms with van der Waals surface area (Å²) in [6.07, 6.45) is 0. The molecule has 26 heavy (non-hydrogen) atoms. The van der Waals surface area contributed by atoms with Crippen molar-refractivity contribution in [1.82, 2.24) is 10.3 Å². The minimum absolute atomic E-state index is 0.138. The monoisotopic (exact) mass is 351 g/mol. The number of halogens is 1. The van der Waals surface area contributed by atoms with Crippen molar-refractivity contribution in [2.45, 2.75) is 13.5 Å². The number of carbonyl (C=O) groups is 1. The lowest BCUT2D eigenvalue weighted by Crippen LogP contribution is -2.24. The van der Waals surface area contributed by atoms with Gasteiger partial charge in [0.1, 0.15) is 17.3 Å². The van der Waals surface area contributed by atoms with Crippen molar-refractivity contribution in [3.05, 3.63) is 83.3 Å². The van der Waals surface area contributed by atoms with Crippen LogP contribution in [0.2, 0.25) is 0 Å². The lowest BCUT2D eigenvalue weighted by atomic mass is 10.2. The van der Waals surface area contributed by atoms with Crippen LogP contribution < -0.4 is 15.8 Å². The van der Waals surface area contributed by atoms with Crippen molar-refractivity contribution in [3.8, 4) is 11.5 Å². The Morgan fingerprint density at radius 1 is 1.12 bits per heavy atom. The second kappa shape index (κ2) is 7.65. The van der Waals surface area contributed by atoms with E-state index in [1.165, 1.54) is 6.07 Å². The Morgan fingerprint density at radius 3 is 2.58 bits per heavy atom. The average Bonchev–Trinajstić information content (AvgIpc) is 2.60. The number of anilines is 1. The van der Waals surface area contributed by atoms with Crippen LogP contribution in [0.3, 0.4) is 0 Å². The van der Waals surface area contributed by atoms with Crippen molar-refractivity contribution >= 4 is 11.7 Å². The van der Waals surface area contributed by atoms with Gasteiger partial charge in [-0.1, -0.05) is 24.3 Å². The van der Waals surface area contributed by atoms with Crippen LogP contribution in [0.1, 0.15) is 21.5 Å². The molecule has 6 heteroatoms. The molecule has 0 aliphatic carbocycles. The average molecular weight is 351 g/mol. The fourth-order valence-electron chi connectivity index (χ4n) is 2.45. The molecule has 0 aliphatic rings. The summed E-state index contributed by atoms with van der Waals surface area (Å²) in [6, 6.07) is 17.6. The van der Waals surface area contributed by atoms with E-state index in [0.717, 1.165) is 22.9 Å². The first-order valence-corrected chi connectivity index (χ1v) is 8.05. The van der Waals surface area contributed by atoms with E-state index in [4.69, 9.17) is 10.5 Å². The van der Waals surface area contributed by atoms with Crippen LogP contribution in [0, 0.1) is 12.9 Å². The van der Waals surface area contributed by atoms with Crippen molar-refractivity contribution < 1.29 is 13.9 Å². The van der Waals surface area contributed by atoms with Gasteiger partial charge in [-0.3, -0.25) is 4.79 Å². The van der Waals surface area contributed by atoms with Gasteiger partial charge in [0.2, 0.25) is 5.95 Å². The molecular weight excluding hydrogens is 333 g/mol. The van der Waals surface area contributed by atoms with Gasteiger partial charge in [0, 0.05) is 6.54 Å². The van der Waals surface area contributed by atoms with E-state index in [1.807, 2.05) is 55.5 Å². The molecule has 1 amide bonds. The third kappa shape index (κ3) is 4.36. The first-order valence-electron chi connectivity index (χ1n) is 8.05. The number of ether oxygens (including phenoxy) is 1. The normalized spacial score (nSPS) is 10.4. The number of amides is 1. The number of rotatable bonds is 5. The number of pyridine rings is 1. The van der Waals surface area contributed by atoms with Crippen LogP contribution >= 0.6 is 0 Å². The van der Waals surface area contributed by atoms with E-state index in [2.05, 4.69) is 10.3 Å². The second-order valence-corrected chi connectivity index (χ2v) is 5.82. The summed E-state index contributed by atoms with van der Waals surface area (Å²) in [5.41, 5.74) is 7.69. The van der Waals surface area contributed by atoms with E-state index in [1.54, 1.807) is 0 Å². The van der Waals surface area contributed by atoms with Crippen LogP contribution in [0.25, 0.3) is 0 Å². The lowest BCUT2D eigenvalue weighted by Gasteiger charge is -2.10. The predicted molar refractivity (Wildman–Crippen MR) is 97.5 cm³/mol. The van der Waals surface area contributed by atoms with Crippen molar-refractivity contribution in [3.63, 3.8) is 0 Å². The highest BCUT2D eigenvalue weighted by molar-refractivity contribution is 5.98. The minimum atomic E-state index is -0.722. The summed E-state index contributed by atoms with van der Waals surface area (Å²) in [5.74, 6) is 0.140. The highest BCUT2D eigenvalue weighted by atomic mass is 19.1. The highest BCUT2D eigenvalue weighted by Crippen LogP contribution is 2.23. The van der Waals surface area contributed by atoms with E-state index >= 15 is 0 Å². The van der Waals surface area contributed by atoms with Crippen LogP contribution in [0.15, 0.2) is 60.7 Å². The zero-order chi connectivity index (χ0) is 18.5. The number of nitrogens with two attached hydrogens (primary N) is 1. The number of aryl methyl sites for hydroxylation is 1. The Morgan fingerprint density at radius 2 is 1.85 bits per heavy atom. The van der Waals surface area contributed by atoms with Gasteiger partial charge < -0.3 is 15.8 Å². The molecule has 0 atom stereocenters. The minimum Gasteiger partial charge on any atom is -0.457 e. The molecule has 0 saturated heterocycles. The SMILES string of the molecule is Cc1cccc(Oc2cccc(CNC(=O)c3ccc(F)nc3N)c2)c1. The Bertz CT molecular complexity index is 944. The Hall–Kier alpha value is -3.41. The molecular formula is C20H18FN3O2. The zero-order valence-electron chi connectivity index (χ0n) is 14.2. The number of nitrogens with one attached hydrogen (secondary N) is 1. The van der Waals surface area contributed by atoms with Gasteiger partial charge in [0.05, 0.1) is 5.56 Å². The van der Waals surface area contributed by atoms with Gasteiger partial charge in [0.25, 0.3) is 5.91 Å². The van der Waals surface area contributed by atoms with Crippen molar-refractivity contribution in [2.24, 2.45) is 0 Å². The van der Waals surface area contributed by atoms with Gasteiger partial charge in [-0.15, -0.1) is 0 Å². The fourth-order valence-corrected chi connectivity index (χ4v) is 2.45. The smallest absolute Gasteiger partial charge is 0.255 e. The molecule has 0 spiro atoms. The number of nitrogens with zero attached hydrogens (tertiary/aromatic N) is 1. The van der Waals surface area contributed by atoms with Gasteiger partial charge in [-0.05, 0) is 54.4 Å². The first-order chi connectivity index (χ1) is 12.5. The number of hydrogen-bond acceptors (Lipinski definition) is 4. The summed E-state index contributed by atoms with van der Waals surface area (Å²) >= 11 is 0. The molecule has 0 radical (unpaired) electrons. The molecule has 132 valence electrons. The van der Waals surface area contributed by atoms with Crippen molar-refractivity contribution in [2.75, 3.05) is 5.73 Å². The summed E-state index contributed by atoms with van der Waals surface area (Å²) in [5, 5.41) is 2.74. The maximum atomic E-state index is 13.0.